The standard InChI is InChI=1S/C65H72BN3/c1-60(2,3)43-28-32-48(33-29-43)67-55-35-31-46(62(7,8)9)39-53(55)66-52-34-30-47(63(10,11)12)40-56(52)68(49-25-21-24-45(38-49)61(4,5)6)58-42-50(41-57(67)59(58)66)69-54-27-18-17-26-51(54)65(44-22-15-14-16-23-44)37-20-19-36-64(65,69)13/h14-18,21-35,38-42H,19-20,36-37H2,1-13H3. The zero-order valence-corrected chi connectivity index (χ0v) is 43.7. The summed E-state index contributed by atoms with van der Waals surface area (Å²) < 4.78 is 0. The van der Waals surface area contributed by atoms with Crippen LogP contribution in [0.5, 0.6) is 0 Å². The van der Waals surface area contributed by atoms with E-state index in [4.69, 9.17) is 0 Å². The molecule has 1 aliphatic carbocycles. The lowest BCUT2D eigenvalue weighted by molar-refractivity contribution is 0.215. The molecule has 2 unspecified atom stereocenters. The van der Waals surface area contributed by atoms with Crippen molar-refractivity contribution in [2.24, 2.45) is 0 Å². The summed E-state index contributed by atoms with van der Waals surface area (Å²) in [5.74, 6) is 0. The molecule has 350 valence electrons. The van der Waals surface area contributed by atoms with Crippen molar-refractivity contribution in [2.45, 2.75) is 148 Å². The van der Waals surface area contributed by atoms with Crippen molar-refractivity contribution in [3.05, 3.63) is 185 Å². The molecule has 0 N–H and O–H groups in total. The quantitative estimate of drug-likeness (QED) is 0.163. The van der Waals surface area contributed by atoms with Crippen LogP contribution in [0.3, 0.4) is 0 Å². The Morgan fingerprint density at radius 3 is 1.64 bits per heavy atom. The van der Waals surface area contributed by atoms with Crippen molar-refractivity contribution in [3.8, 4) is 0 Å². The number of rotatable bonds is 4. The molecule has 0 radical (unpaired) electrons. The second-order valence-corrected chi connectivity index (χ2v) is 25.3. The highest BCUT2D eigenvalue weighted by Crippen LogP contribution is 2.64. The molecule has 1 fully saturated rings. The molecule has 3 nitrogen and oxygen atoms in total. The molecule has 0 bridgehead atoms. The molecule has 1 saturated carbocycles. The number of benzene rings is 7. The summed E-state index contributed by atoms with van der Waals surface area (Å²) >= 11 is 0. The van der Waals surface area contributed by atoms with Crippen LogP contribution in [0, 0.1) is 0 Å². The number of para-hydroxylation sites is 1. The Kier molecular flexibility index (Phi) is 10.2. The van der Waals surface area contributed by atoms with E-state index >= 15 is 0 Å². The Hall–Kier alpha value is -6.00. The predicted octanol–water partition coefficient (Wildman–Crippen LogP) is 15.7. The van der Waals surface area contributed by atoms with Gasteiger partial charge in [0.2, 0.25) is 0 Å². The summed E-state index contributed by atoms with van der Waals surface area (Å²) in [6.07, 6.45) is 4.61. The van der Waals surface area contributed by atoms with Crippen molar-refractivity contribution in [1.29, 1.82) is 0 Å². The van der Waals surface area contributed by atoms with Crippen LogP contribution in [-0.2, 0) is 27.1 Å². The fourth-order valence-corrected chi connectivity index (χ4v) is 12.9. The first kappa shape index (κ1) is 45.4. The molecule has 4 aliphatic rings. The van der Waals surface area contributed by atoms with Gasteiger partial charge in [-0.15, -0.1) is 0 Å². The van der Waals surface area contributed by atoms with Gasteiger partial charge >= 0.3 is 0 Å². The van der Waals surface area contributed by atoms with Crippen LogP contribution in [0.15, 0.2) is 152 Å². The molecule has 7 aromatic rings. The highest BCUT2D eigenvalue weighted by Gasteiger charge is 2.61. The maximum atomic E-state index is 2.81. The summed E-state index contributed by atoms with van der Waals surface area (Å²) in [5.41, 5.74) is 21.9. The van der Waals surface area contributed by atoms with Gasteiger partial charge in [0.1, 0.15) is 0 Å². The van der Waals surface area contributed by atoms with E-state index in [0.29, 0.717) is 0 Å². The topological polar surface area (TPSA) is 9.72 Å². The van der Waals surface area contributed by atoms with Crippen molar-refractivity contribution in [3.63, 3.8) is 0 Å². The van der Waals surface area contributed by atoms with E-state index in [0.717, 1.165) is 12.8 Å². The van der Waals surface area contributed by atoms with E-state index in [1.54, 1.807) is 0 Å². The highest BCUT2D eigenvalue weighted by atomic mass is 15.3. The summed E-state index contributed by atoms with van der Waals surface area (Å²) in [7, 11) is 0. The molecular weight excluding hydrogens is 834 g/mol. The second-order valence-electron chi connectivity index (χ2n) is 25.3. The van der Waals surface area contributed by atoms with Gasteiger partial charge in [-0.05, 0) is 146 Å². The molecule has 2 atom stereocenters. The van der Waals surface area contributed by atoms with E-state index in [2.05, 4.69) is 256 Å². The molecule has 69 heavy (non-hydrogen) atoms. The average molecular weight is 906 g/mol. The van der Waals surface area contributed by atoms with Crippen LogP contribution in [0.25, 0.3) is 0 Å². The van der Waals surface area contributed by atoms with Crippen LogP contribution in [0.2, 0.25) is 0 Å². The second kappa shape index (κ2) is 15.5. The van der Waals surface area contributed by atoms with Gasteiger partial charge in [0.05, 0.1) is 5.54 Å². The van der Waals surface area contributed by atoms with E-state index in [1.165, 1.54) is 108 Å². The molecule has 3 heterocycles. The van der Waals surface area contributed by atoms with Gasteiger partial charge in [-0.25, -0.2) is 0 Å². The SMILES string of the molecule is CC(C)(C)c1ccc(N2c3ccc(C(C)(C)C)cc3B3c4ccc(C(C)(C)C)cc4N(c4cccc(C(C)(C)C)c4)c4cc(N5c6ccccc6C6(c7ccccc7)CCCCC56C)cc2c43)cc1. The molecule has 11 rings (SSSR count). The molecule has 3 aliphatic heterocycles. The number of nitrogens with zero attached hydrogens (tertiary/aromatic N) is 3. The molecule has 0 saturated heterocycles. The third-order valence-corrected chi connectivity index (χ3v) is 16.8. The van der Waals surface area contributed by atoms with Gasteiger partial charge in [-0.2, -0.15) is 0 Å². The Morgan fingerprint density at radius 2 is 0.971 bits per heavy atom. The number of hydrogen-bond donors (Lipinski definition) is 0. The van der Waals surface area contributed by atoms with Gasteiger partial charge < -0.3 is 14.7 Å². The van der Waals surface area contributed by atoms with Crippen molar-refractivity contribution < 1.29 is 0 Å². The van der Waals surface area contributed by atoms with E-state index < -0.39 is 0 Å². The normalized spacial score (nSPS) is 19.7. The first-order valence-electron chi connectivity index (χ1n) is 25.8. The maximum absolute atomic E-state index is 2.81. The average Bonchev–Trinajstić information content (AvgIpc) is 3.55. The number of fused-ring (bicyclic) bond motifs is 7. The van der Waals surface area contributed by atoms with Gasteiger partial charge in [0.25, 0.3) is 6.71 Å². The van der Waals surface area contributed by atoms with E-state index in [1.807, 2.05) is 0 Å². The first-order chi connectivity index (χ1) is 32.6. The van der Waals surface area contributed by atoms with Crippen LogP contribution in [0.4, 0.5) is 45.5 Å². The molecule has 0 amide bonds. The van der Waals surface area contributed by atoms with Crippen molar-refractivity contribution in [1.82, 2.24) is 0 Å². The molecule has 0 aromatic heterocycles. The zero-order chi connectivity index (χ0) is 48.6. The first-order valence-corrected chi connectivity index (χ1v) is 25.8. The maximum Gasteiger partial charge on any atom is 0.252 e. The lowest BCUT2D eigenvalue weighted by Crippen LogP contribution is -2.62. The summed E-state index contributed by atoms with van der Waals surface area (Å²) in [6.45, 7) is 30.7. The minimum Gasteiger partial charge on any atom is -0.334 e. The lowest BCUT2D eigenvalue weighted by Gasteiger charge is -2.53. The Bertz CT molecular complexity index is 3140. The minimum atomic E-state index is -0.229. The summed E-state index contributed by atoms with van der Waals surface area (Å²) in [4.78, 5) is 8.10. The van der Waals surface area contributed by atoms with Crippen molar-refractivity contribution >= 4 is 68.6 Å². The third kappa shape index (κ3) is 6.97. The highest BCUT2D eigenvalue weighted by molar-refractivity contribution is 7.00. The van der Waals surface area contributed by atoms with Crippen LogP contribution in [0.1, 0.15) is 149 Å². The van der Waals surface area contributed by atoms with E-state index in [9.17, 15) is 0 Å². The van der Waals surface area contributed by atoms with Crippen molar-refractivity contribution in [2.75, 3.05) is 14.7 Å². The summed E-state index contributed by atoms with van der Waals surface area (Å²) in [5, 5.41) is 0. The van der Waals surface area contributed by atoms with Crippen LogP contribution >= 0.6 is 0 Å². The fourth-order valence-electron chi connectivity index (χ4n) is 12.9. The van der Waals surface area contributed by atoms with Crippen LogP contribution in [-0.4, -0.2) is 12.3 Å². The monoisotopic (exact) mass is 906 g/mol. The number of anilines is 8. The van der Waals surface area contributed by atoms with Gasteiger partial charge in [-0.3, -0.25) is 0 Å². The van der Waals surface area contributed by atoms with Gasteiger partial charge in [0, 0.05) is 50.9 Å². The Balaban J connectivity index is 1.28. The summed E-state index contributed by atoms with van der Waals surface area (Å²) in [6, 6.07) is 59.9. The molecule has 7 aromatic carbocycles. The van der Waals surface area contributed by atoms with E-state index in [-0.39, 0.29) is 39.3 Å². The van der Waals surface area contributed by atoms with Crippen LogP contribution < -0.4 is 31.1 Å². The molecule has 4 heteroatoms. The van der Waals surface area contributed by atoms with Gasteiger partial charge in [0.15, 0.2) is 0 Å². The lowest BCUT2D eigenvalue weighted by atomic mass is 9.33. The Morgan fingerprint density at radius 1 is 0.406 bits per heavy atom. The largest absolute Gasteiger partial charge is 0.334 e. The minimum absolute atomic E-state index is 0.0112. The Labute approximate surface area is 414 Å². The fraction of sp³-hybridized carbons (Fsp3) is 0.354. The third-order valence-electron chi connectivity index (χ3n) is 16.8. The predicted molar refractivity (Wildman–Crippen MR) is 298 cm³/mol. The zero-order valence-electron chi connectivity index (χ0n) is 43.7. The number of hydrogen-bond acceptors (Lipinski definition) is 3. The van der Waals surface area contributed by atoms with Gasteiger partial charge in [-0.1, -0.05) is 193 Å². The molecular formula is C65H72BN3. The smallest absolute Gasteiger partial charge is 0.252 e. The molecule has 0 spiro atoms.